The topological polar surface area (TPSA) is 46.1 Å². The van der Waals surface area contributed by atoms with E-state index in [2.05, 4.69) is 9.97 Å². The van der Waals surface area contributed by atoms with Crippen LogP contribution >= 0.6 is 11.6 Å². The van der Waals surface area contributed by atoms with Gasteiger partial charge < -0.3 is 4.90 Å². The fraction of sp³-hybridized carbons (Fsp3) is 0.267. The van der Waals surface area contributed by atoms with Gasteiger partial charge in [0.15, 0.2) is 17.4 Å². The predicted octanol–water partition coefficient (Wildman–Crippen LogP) is 3.45. The second-order valence-electron chi connectivity index (χ2n) is 5.02. The summed E-state index contributed by atoms with van der Waals surface area (Å²) in [5, 5.41) is 0.0375. The van der Waals surface area contributed by atoms with E-state index in [1.807, 2.05) is 6.92 Å². The predicted molar refractivity (Wildman–Crippen MR) is 78.3 cm³/mol. The Labute approximate surface area is 130 Å². The van der Waals surface area contributed by atoms with Gasteiger partial charge in [-0.1, -0.05) is 6.92 Å². The van der Waals surface area contributed by atoms with Crippen LogP contribution in [0.15, 0.2) is 24.4 Å². The maximum absolute atomic E-state index is 13.6. The number of carbonyl (C=O) groups is 1. The number of anilines is 2. The van der Waals surface area contributed by atoms with E-state index in [9.17, 15) is 13.6 Å². The molecule has 0 amide bonds. The van der Waals surface area contributed by atoms with Gasteiger partial charge in [0.2, 0.25) is 5.28 Å². The summed E-state index contributed by atoms with van der Waals surface area (Å²) in [4.78, 5) is 22.0. The molecular weight excluding hydrogens is 312 g/mol. The van der Waals surface area contributed by atoms with Crippen LogP contribution in [-0.2, 0) is 11.2 Å². The zero-order valence-corrected chi connectivity index (χ0v) is 12.4. The van der Waals surface area contributed by atoms with Gasteiger partial charge in [-0.2, -0.15) is 4.98 Å². The van der Waals surface area contributed by atoms with E-state index in [1.165, 1.54) is 12.3 Å². The van der Waals surface area contributed by atoms with E-state index in [-0.39, 0.29) is 17.5 Å². The van der Waals surface area contributed by atoms with Gasteiger partial charge in [-0.05, 0) is 30.2 Å². The van der Waals surface area contributed by atoms with Crippen LogP contribution in [0.1, 0.15) is 18.9 Å². The first-order chi connectivity index (χ1) is 10.5. The highest BCUT2D eigenvalue weighted by Crippen LogP contribution is 2.36. The Morgan fingerprint density at radius 1 is 1.36 bits per heavy atom. The van der Waals surface area contributed by atoms with Gasteiger partial charge in [0.1, 0.15) is 5.82 Å². The highest BCUT2D eigenvalue weighted by molar-refractivity contribution is 6.28. The van der Waals surface area contributed by atoms with Crippen LogP contribution in [0.5, 0.6) is 0 Å². The number of halogens is 3. The molecule has 1 aliphatic heterocycles. The molecule has 22 heavy (non-hydrogen) atoms. The molecule has 7 heteroatoms. The molecule has 4 nitrogen and oxygen atoms in total. The molecule has 1 atom stereocenters. The minimum Gasteiger partial charge on any atom is -0.315 e. The minimum atomic E-state index is -0.980. The Kier molecular flexibility index (Phi) is 3.78. The second kappa shape index (κ2) is 5.61. The summed E-state index contributed by atoms with van der Waals surface area (Å²) < 4.78 is 26.7. The van der Waals surface area contributed by atoms with E-state index < -0.39 is 17.7 Å². The zero-order valence-electron chi connectivity index (χ0n) is 11.7. The molecule has 0 radical (unpaired) electrons. The molecule has 0 aliphatic carbocycles. The van der Waals surface area contributed by atoms with Gasteiger partial charge in [0.05, 0.1) is 6.04 Å². The van der Waals surface area contributed by atoms with Gasteiger partial charge in [0.25, 0.3) is 0 Å². The molecule has 0 saturated heterocycles. The molecule has 1 aromatic carbocycles. The number of fused-ring (bicyclic) bond motifs is 1. The van der Waals surface area contributed by atoms with Crippen LogP contribution in [0, 0.1) is 11.6 Å². The lowest BCUT2D eigenvalue weighted by atomic mass is 9.95. The molecule has 1 aromatic heterocycles. The fourth-order valence-electron chi connectivity index (χ4n) is 2.65. The highest BCUT2D eigenvalue weighted by atomic mass is 35.5. The minimum absolute atomic E-state index is 0.0225. The first-order valence-electron chi connectivity index (χ1n) is 6.79. The van der Waals surface area contributed by atoms with Gasteiger partial charge >= 0.3 is 0 Å². The number of carbonyl (C=O) groups excluding carboxylic acids is 1. The van der Waals surface area contributed by atoms with Gasteiger partial charge in [0, 0.05) is 29.9 Å². The van der Waals surface area contributed by atoms with Gasteiger partial charge in [-0.25, -0.2) is 13.8 Å². The molecule has 1 aliphatic rings. The van der Waals surface area contributed by atoms with Crippen molar-refractivity contribution in [2.75, 3.05) is 4.90 Å². The average Bonchev–Trinajstić information content (AvgIpc) is 2.49. The third kappa shape index (κ3) is 2.43. The van der Waals surface area contributed by atoms with Crippen LogP contribution < -0.4 is 4.90 Å². The van der Waals surface area contributed by atoms with Crippen LogP contribution in [0.2, 0.25) is 5.28 Å². The summed E-state index contributed by atoms with van der Waals surface area (Å²) in [5.74, 6) is -1.49. The Hall–Kier alpha value is -2.08. The van der Waals surface area contributed by atoms with Crippen molar-refractivity contribution in [1.82, 2.24) is 9.97 Å². The Morgan fingerprint density at radius 2 is 2.14 bits per heavy atom. The smallest absolute Gasteiger partial charge is 0.224 e. The lowest BCUT2D eigenvalue weighted by molar-refractivity contribution is -0.120. The summed E-state index contributed by atoms with van der Waals surface area (Å²) in [6, 6.07) is 3.00. The summed E-state index contributed by atoms with van der Waals surface area (Å²) in [5.41, 5.74) is 0.971. The molecule has 0 spiro atoms. The molecular formula is C15H12ClF2N3O. The van der Waals surface area contributed by atoms with Crippen molar-refractivity contribution < 1.29 is 13.6 Å². The normalized spacial score (nSPS) is 17.5. The molecule has 2 aromatic rings. The summed E-state index contributed by atoms with van der Waals surface area (Å²) in [6.45, 7) is 1.85. The van der Waals surface area contributed by atoms with E-state index in [4.69, 9.17) is 11.6 Å². The van der Waals surface area contributed by atoms with Gasteiger partial charge in [-0.3, -0.25) is 4.79 Å². The summed E-state index contributed by atoms with van der Waals surface area (Å²) >= 11 is 5.85. The van der Waals surface area contributed by atoms with Crippen LogP contribution in [-0.4, -0.2) is 21.8 Å². The largest absolute Gasteiger partial charge is 0.315 e. The molecule has 114 valence electrons. The first-order valence-corrected chi connectivity index (χ1v) is 7.17. The molecule has 3 rings (SSSR count). The van der Waals surface area contributed by atoms with Crippen molar-refractivity contribution >= 4 is 28.9 Å². The molecule has 2 heterocycles. The van der Waals surface area contributed by atoms with E-state index in [0.717, 1.165) is 12.1 Å². The van der Waals surface area contributed by atoms with Gasteiger partial charge in [-0.15, -0.1) is 0 Å². The standard InChI is InChI=1S/C15H12ClF2N3O/c1-2-12-13(22)5-8-7-19-15(16)20-14(8)21(12)9-3-4-10(17)11(18)6-9/h3-4,6-7,12H,2,5H2,1H3. The summed E-state index contributed by atoms with van der Waals surface area (Å²) in [7, 11) is 0. The molecule has 0 N–H and O–H groups in total. The fourth-order valence-corrected chi connectivity index (χ4v) is 2.78. The van der Waals surface area contributed by atoms with Crippen LogP contribution in [0.25, 0.3) is 0 Å². The Morgan fingerprint density at radius 3 is 2.82 bits per heavy atom. The van der Waals surface area contributed by atoms with Crippen molar-refractivity contribution in [3.8, 4) is 0 Å². The first kappa shape index (κ1) is 14.8. The number of hydrogen-bond acceptors (Lipinski definition) is 4. The molecule has 0 bridgehead atoms. The zero-order chi connectivity index (χ0) is 15.9. The quantitative estimate of drug-likeness (QED) is 0.794. The lowest BCUT2D eigenvalue weighted by Crippen LogP contribution is -2.43. The number of aromatic nitrogens is 2. The van der Waals surface area contributed by atoms with Crippen LogP contribution in [0.3, 0.4) is 0 Å². The number of rotatable bonds is 2. The SMILES string of the molecule is CCC1C(=O)Cc2cnc(Cl)nc2N1c1ccc(F)c(F)c1. The van der Waals surface area contributed by atoms with Crippen LogP contribution in [0.4, 0.5) is 20.3 Å². The molecule has 0 fully saturated rings. The highest BCUT2D eigenvalue weighted by Gasteiger charge is 2.34. The molecule has 0 saturated carbocycles. The van der Waals surface area contributed by atoms with Crippen molar-refractivity contribution in [2.45, 2.75) is 25.8 Å². The number of ketones is 1. The van der Waals surface area contributed by atoms with Crippen molar-refractivity contribution in [3.05, 3.63) is 46.9 Å². The maximum atomic E-state index is 13.6. The molecule has 1 unspecified atom stereocenters. The third-order valence-electron chi connectivity index (χ3n) is 3.66. The van der Waals surface area contributed by atoms with Crippen molar-refractivity contribution in [1.29, 1.82) is 0 Å². The summed E-state index contributed by atoms with van der Waals surface area (Å²) in [6.07, 6.45) is 2.20. The number of hydrogen-bond donors (Lipinski definition) is 0. The van der Waals surface area contributed by atoms with Crippen molar-refractivity contribution in [2.24, 2.45) is 0 Å². The lowest BCUT2D eigenvalue weighted by Gasteiger charge is -2.36. The van der Waals surface area contributed by atoms with Crippen molar-refractivity contribution in [3.63, 3.8) is 0 Å². The van der Waals surface area contributed by atoms with E-state index >= 15 is 0 Å². The third-order valence-corrected chi connectivity index (χ3v) is 3.84. The number of nitrogens with zero attached hydrogens (tertiary/aromatic N) is 3. The Bertz CT molecular complexity index is 754. The van der Waals surface area contributed by atoms with E-state index in [0.29, 0.717) is 23.5 Å². The monoisotopic (exact) mass is 323 g/mol. The maximum Gasteiger partial charge on any atom is 0.224 e. The van der Waals surface area contributed by atoms with E-state index in [1.54, 1.807) is 4.90 Å². The average molecular weight is 324 g/mol. The number of Topliss-reactive ketones (excluding diaryl/α,β-unsaturated/α-hetero) is 1. The Balaban J connectivity index is 2.19. The number of benzene rings is 1. The second-order valence-corrected chi connectivity index (χ2v) is 5.36.